The molecule has 0 heterocycles. The third kappa shape index (κ3) is 4.92. The molecule has 0 saturated heterocycles. The highest BCUT2D eigenvalue weighted by Gasteiger charge is 2.15. The van der Waals surface area contributed by atoms with Crippen LogP contribution in [0.4, 0.5) is 10.1 Å². The van der Waals surface area contributed by atoms with E-state index in [0.29, 0.717) is 12.2 Å². The fourth-order valence-corrected chi connectivity index (χ4v) is 2.23. The van der Waals surface area contributed by atoms with Crippen LogP contribution in [-0.2, 0) is 16.1 Å². The summed E-state index contributed by atoms with van der Waals surface area (Å²) >= 11 is 0. The van der Waals surface area contributed by atoms with Crippen molar-refractivity contribution in [3.05, 3.63) is 65.5 Å². The first-order valence-corrected chi connectivity index (χ1v) is 7.31. The summed E-state index contributed by atoms with van der Waals surface area (Å²) in [7, 11) is 0. The van der Waals surface area contributed by atoms with Crippen LogP contribution in [0.3, 0.4) is 0 Å². The summed E-state index contributed by atoms with van der Waals surface area (Å²) in [5.74, 6) is -0.936. The van der Waals surface area contributed by atoms with Crippen molar-refractivity contribution in [3.63, 3.8) is 0 Å². The second-order valence-electron chi connectivity index (χ2n) is 5.35. The van der Waals surface area contributed by atoms with E-state index < -0.39 is 0 Å². The zero-order valence-electron chi connectivity index (χ0n) is 13.2. The van der Waals surface area contributed by atoms with Gasteiger partial charge < -0.3 is 10.2 Å². The molecule has 0 radical (unpaired) electrons. The lowest BCUT2D eigenvalue weighted by atomic mass is 10.1. The molecular weight excluding hydrogens is 295 g/mol. The van der Waals surface area contributed by atoms with Crippen molar-refractivity contribution >= 4 is 17.5 Å². The van der Waals surface area contributed by atoms with Gasteiger partial charge in [0.15, 0.2) is 0 Å². The molecule has 0 aromatic heterocycles. The molecule has 0 aliphatic heterocycles. The Labute approximate surface area is 134 Å². The Bertz CT molecular complexity index is 698. The summed E-state index contributed by atoms with van der Waals surface area (Å²) in [6.07, 6.45) is 0. The van der Waals surface area contributed by atoms with Gasteiger partial charge >= 0.3 is 0 Å². The van der Waals surface area contributed by atoms with Crippen LogP contribution in [0.1, 0.15) is 18.1 Å². The Kier molecular flexibility index (Phi) is 5.46. The Morgan fingerprint density at radius 1 is 1.13 bits per heavy atom. The van der Waals surface area contributed by atoms with Gasteiger partial charge in [-0.15, -0.1) is 0 Å². The molecule has 0 atom stereocenters. The summed E-state index contributed by atoms with van der Waals surface area (Å²) < 4.78 is 13.0. The number of nitrogens with one attached hydrogen (secondary N) is 1. The van der Waals surface area contributed by atoms with Gasteiger partial charge in [0, 0.05) is 19.2 Å². The highest BCUT2D eigenvalue weighted by Crippen LogP contribution is 2.14. The van der Waals surface area contributed by atoms with E-state index in [-0.39, 0.29) is 24.2 Å². The summed E-state index contributed by atoms with van der Waals surface area (Å²) in [5, 5.41) is 2.79. The fraction of sp³-hybridized carbons (Fsp3) is 0.222. The highest BCUT2D eigenvalue weighted by atomic mass is 19.1. The van der Waals surface area contributed by atoms with Crippen LogP contribution in [0.15, 0.2) is 48.5 Å². The monoisotopic (exact) mass is 314 g/mol. The van der Waals surface area contributed by atoms with Gasteiger partial charge in [0.1, 0.15) is 12.4 Å². The highest BCUT2D eigenvalue weighted by molar-refractivity contribution is 5.97. The van der Waals surface area contributed by atoms with E-state index in [9.17, 15) is 14.0 Å². The van der Waals surface area contributed by atoms with Crippen molar-refractivity contribution in [2.45, 2.75) is 20.4 Å². The smallest absolute Gasteiger partial charge is 0.240 e. The van der Waals surface area contributed by atoms with Crippen LogP contribution < -0.4 is 10.2 Å². The molecule has 0 aliphatic rings. The van der Waals surface area contributed by atoms with Crippen molar-refractivity contribution in [1.82, 2.24) is 5.32 Å². The number of anilines is 1. The molecule has 2 aromatic carbocycles. The number of aryl methyl sites for hydroxylation is 1. The maximum absolute atomic E-state index is 13.0. The maximum atomic E-state index is 13.0. The number of rotatable bonds is 5. The second-order valence-corrected chi connectivity index (χ2v) is 5.35. The van der Waals surface area contributed by atoms with Gasteiger partial charge in [-0.2, -0.15) is 0 Å². The predicted molar refractivity (Wildman–Crippen MR) is 87.5 cm³/mol. The zero-order valence-corrected chi connectivity index (χ0v) is 13.2. The number of nitrogens with zero attached hydrogens (tertiary/aromatic N) is 1. The second kappa shape index (κ2) is 7.54. The molecule has 0 unspecified atom stereocenters. The van der Waals surface area contributed by atoms with E-state index in [0.717, 1.165) is 11.1 Å². The van der Waals surface area contributed by atoms with Crippen molar-refractivity contribution in [2.75, 3.05) is 11.4 Å². The molecule has 2 aromatic rings. The first-order valence-electron chi connectivity index (χ1n) is 7.31. The summed E-state index contributed by atoms with van der Waals surface area (Å²) in [6, 6.07) is 13.3. The van der Waals surface area contributed by atoms with Crippen LogP contribution in [0.25, 0.3) is 0 Å². The average molecular weight is 314 g/mol. The van der Waals surface area contributed by atoms with Crippen molar-refractivity contribution in [1.29, 1.82) is 0 Å². The van der Waals surface area contributed by atoms with Crippen molar-refractivity contribution < 1.29 is 14.0 Å². The average Bonchev–Trinajstić information content (AvgIpc) is 2.51. The fourth-order valence-electron chi connectivity index (χ4n) is 2.23. The number of hydrogen-bond donors (Lipinski definition) is 1. The van der Waals surface area contributed by atoms with Gasteiger partial charge in [0.25, 0.3) is 0 Å². The van der Waals surface area contributed by atoms with E-state index in [2.05, 4.69) is 5.32 Å². The molecule has 120 valence electrons. The van der Waals surface area contributed by atoms with E-state index in [1.807, 2.05) is 31.2 Å². The van der Waals surface area contributed by atoms with Gasteiger partial charge in [-0.05, 0) is 36.8 Å². The molecule has 23 heavy (non-hydrogen) atoms. The maximum Gasteiger partial charge on any atom is 0.240 e. The van der Waals surface area contributed by atoms with Crippen LogP contribution in [-0.4, -0.2) is 18.4 Å². The number of hydrogen-bond acceptors (Lipinski definition) is 2. The molecule has 5 heteroatoms. The molecule has 0 aliphatic carbocycles. The molecular formula is C18H19FN2O2. The molecule has 0 bridgehead atoms. The van der Waals surface area contributed by atoms with Gasteiger partial charge in [-0.25, -0.2) is 4.39 Å². The summed E-state index contributed by atoms with van der Waals surface area (Å²) in [5.41, 5.74) is 2.60. The number of halogens is 1. The minimum atomic E-state index is -0.388. The molecule has 4 nitrogen and oxygen atoms in total. The van der Waals surface area contributed by atoms with Gasteiger partial charge in [0.2, 0.25) is 11.8 Å². The van der Waals surface area contributed by atoms with Crippen LogP contribution in [0.2, 0.25) is 0 Å². The minimum Gasteiger partial charge on any atom is -0.350 e. The van der Waals surface area contributed by atoms with E-state index in [4.69, 9.17) is 0 Å². The zero-order chi connectivity index (χ0) is 16.8. The lowest BCUT2D eigenvalue weighted by molar-refractivity contribution is -0.123. The normalized spacial score (nSPS) is 10.2. The lowest BCUT2D eigenvalue weighted by Gasteiger charge is -2.20. The minimum absolute atomic E-state index is 0.104. The number of amides is 2. The van der Waals surface area contributed by atoms with Gasteiger partial charge in [-0.1, -0.05) is 29.8 Å². The van der Waals surface area contributed by atoms with Gasteiger partial charge in [0.05, 0.1) is 0 Å². The Morgan fingerprint density at radius 3 is 2.43 bits per heavy atom. The number of carbonyl (C=O) groups excluding carboxylic acids is 2. The van der Waals surface area contributed by atoms with E-state index in [1.54, 1.807) is 0 Å². The van der Waals surface area contributed by atoms with Crippen molar-refractivity contribution in [2.24, 2.45) is 0 Å². The first-order chi connectivity index (χ1) is 11.0. The van der Waals surface area contributed by atoms with Gasteiger partial charge in [-0.3, -0.25) is 9.59 Å². The third-order valence-electron chi connectivity index (χ3n) is 3.39. The van der Waals surface area contributed by atoms with Crippen LogP contribution >= 0.6 is 0 Å². The van der Waals surface area contributed by atoms with E-state index in [1.165, 1.54) is 36.1 Å². The topological polar surface area (TPSA) is 49.4 Å². The van der Waals surface area contributed by atoms with Crippen molar-refractivity contribution in [3.8, 4) is 0 Å². The third-order valence-corrected chi connectivity index (χ3v) is 3.39. The lowest BCUT2D eigenvalue weighted by Crippen LogP contribution is -2.39. The Hall–Kier alpha value is -2.69. The molecule has 2 amide bonds. The van der Waals surface area contributed by atoms with Crippen LogP contribution in [0.5, 0.6) is 0 Å². The molecule has 0 spiro atoms. The van der Waals surface area contributed by atoms with Crippen LogP contribution in [0, 0.1) is 12.7 Å². The molecule has 0 fully saturated rings. The summed E-state index contributed by atoms with van der Waals surface area (Å²) in [6.45, 7) is 3.65. The first kappa shape index (κ1) is 16.7. The number of benzene rings is 2. The number of carbonyl (C=O) groups is 2. The largest absolute Gasteiger partial charge is 0.350 e. The Balaban J connectivity index is 1.98. The molecule has 0 saturated carbocycles. The Morgan fingerprint density at radius 2 is 1.83 bits per heavy atom. The molecule has 2 rings (SSSR count). The predicted octanol–water partition coefficient (Wildman–Crippen LogP) is 2.80. The molecule has 1 N–H and O–H groups in total. The SMILES string of the molecule is CC(=O)N(CC(=O)NCc1cccc(C)c1)c1ccc(F)cc1. The summed E-state index contributed by atoms with van der Waals surface area (Å²) in [4.78, 5) is 25.1. The quantitative estimate of drug-likeness (QED) is 0.922. The standard InChI is InChI=1S/C18H19FN2O2/c1-13-4-3-5-15(10-13)11-20-18(23)12-21(14(2)22)17-8-6-16(19)7-9-17/h3-10H,11-12H2,1-2H3,(H,20,23). The van der Waals surface area contributed by atoms with E-state index >= 15 is 0 Å².